The average molecular weight is 506 g/mol. The maximum absolute atomic E-state index is 12.5. The molecule has 4 rings (SSSR count). The van der Waals surface area contributed by atoms with Gasteiger partial charge in [0.15, 0.2) is 0 Å². The van der Waals surface area contributed by atoms with Crippen molar-refractivity contribution in [3.63, 3.8) is 0 Å². The summed E-state index contributed by atoms with van der Waals surface area (Å²) in [5, 5.41) is 8.09. The summed E-state index contributed by atoms with van der Waals surface area (Å²) in [5.74, 6) is 0.797. The van der Waals surface area contributed by atoms with Crippen LogP contribution >= 0.6 is 35.6 Å². The van der Waals surface area contributed by atoms with Crippen LogP contribution in [0.4, 0.5) is 11.8 Å². The lowest BCUT2D eigenvalue weighted by atomic mass is 10.1. The number of benzene rings is 1. The van der Waals surface area contributed by atoms with E-state index in [2.05, 4.69) is 30.6 Å². The second-order valence-corrected chi connectivity index (χ2v) is 8.48. The fourth-order valence-electron chi connectivity index (χ4n) is 3.66. The molecule has 0 fully saturated rings. The predicted octanol–water partition coefficient (Wildman–Crippen LogP) is 5.72. The summed E-state index contributed by atoms with van der Waals surface area (Å²) < 4.78 is 0. The zero-order valence-electron chi connectivity index (χ0n) is 18.3. The van der Waals surface area contributed by atoms with Crippen LogP contribution in [0.3, 0.4) is 0 Å². The molecule has 0 aliphatic heterocycles. The molecule has 0 radical (unpaired) electrons. The Morgan fingerprint density at radius 1 is 1.06 bits per heavy atom. The maximum Gasteiger partial charge on any atom is 0.254 e. The zero-order valence-corrected chi connectivity index (χ0v) is 20.6. The summed E-state index contributed by atoms with van der Waals surface area (Å²) in [5.41, 5.74) is 5.29. The molecule has 7 nitrogen and oxygen atoms in total. The fraction of sp³-hybridized carbons (Fsp3) is 0.217. The van der Waals surface area contributed by atoms with Gasteiger partial charge in [0.2, 0.25) is 5.95 Å². The summed E-state index contributed by atoms with van der Waals surface area (Å²) in [6.45, 7) is 6.34. The number of aryl methyl sites for hydroxylation is 3. The van der Waals surface area contributed by atoms with Gasteiger partial charge in [-0.2, -0.15) is 0 Å². The van der Waals surface area contributed by atoms with Crippen LogP contribution in [-0.2, 0) is 6.42 Å². The second-order valence-electron chi connectivity index (χ2n) is 7.64. The Balaban J connectivity index is 0.00000306. The van der Waals surface area contributed by atoms with Crippen molar-refractivity contribution in [1.82, 2.24) is 25.3 Å². The Morgan fingerprint density at radius 2 is 1.79 bits per heavy atom. The molecule has 4 aromatic rings. The molecule has 3 aromatic heterocycles. The van der Waals surface area contributed by atoms with Crippen LogP contribution in [0.1, 0.15) is 32.9 Å². The lowest BCUT2D eigenvalue weighted by Crippen LogP contribution is -2.26. The van der Waals surface area contributed by atoms with Crippen LogP contribution in [0.15, 0.2) is 36.7 Å². The SMILES string of the molecule is Cc1cc(C)nc(Nc2ncc(C(=O)NCCc3c(C)[nH]c4c(Cl)cc(Cl)cc34)cn2)c1.Cl. The molecule has 0 unspecified atom stereocenters. The highest BCUT2D eigenvalue weighted by molar-refractivity contribution is 6.38. The number of hydrogen-bond donors (Lipinski definition) is 3. The van der Waals surface area contributed by atoms with Crippen LogP contribution in [0.5, 0.6) is 0 Å². The number of fused-ring (bicyclic) bond motifs is 1. The van der Waals surface area contributed by atoms with E-state index in [0.717, 1.165) is 33.4 Å². The van der Waals surface area contributed by atoms with E-state index in [0.29, 0.717) is 40.3 Å². The summed E-state index contributed by atoms with van der Waals surface area (Å²) in [7, 11) is 0. The lowest BCUT2D eigenvalue weighted by Gasteiger charge is -2.08. The standard InChI is InChI=1S/C23H22Cl2N6O.ClH/c1-12-6-13(2)29-20(7-12)31-23-27-10-15(11-28-23)22(32)26-5-4-17-14(3)30-21-18(17)8-16(24)9-19(21)25;/h6-11,30H,4-5H2,1-3H3,(H,26,32)(H,27,28,29,31);1H. The Kier molecular flexibility index (Phi) is 7.79. The number of pyridine rings is 1. The molecule has 0 aliphatic rings. The smallest absolute Gasteiger partial charge is 0.254 e. The number of anilines is 2. The highest BCUT2D eigenvalue weighted by Crippen LogP contribution is 2.31. The lowest BCUT2D eigenvalue weighted by molar-refractivity contribution is 0.0953. The predicted molar refractivity (Wildman–Crippen MR) is 135 cm³/mol. The van der Waals surface area contributed by atoms with Crippen molar-refractivity contribution in [2.24, 2.45) is 0 Å². The van der Waals surface area contributed by atoms with Crippen molar-refractivity contribution < 1.29 is 4.79 Å². The Morgan fingerprint density at radius 3 is 2.48 bits per heavy atom. The molecule has 33 heavy (non-hydrogen) atoms. The van der Waals surface area contributed by atoms with E-state index < -0.39 is 0 Å². The summed E-state index contributed by atoms with van der Waals surface area (Å²) in [4.78, 5) is 28.7. The van der Waals surface area contributed by atoms with Gasteiger partial charge in [0.25, 0.3) is 5.91 Å². The number of nitrogens with one attached hydrogen (secondary N) is 3. The Bertz CT molecular complexity index is 1280. The quantitative estimate of drug-likeness (QED) is 0.311. The summed E-state index contributed by atoms with van der Waals surface area (Å²) in [6.07, 6.45) is 3.61. The molecule has 1 aromatic carbocycles. The first-order chi connectivity index (χ1) is 15.3. The molecule has 1 amide bonds. The molecule has 0 atom stereocenters. The number of carbonyl (C=O) groups excluding carboxylic acids is 1. The molecule has 0 bridgehead atoms. The molecule has 0 spiro atoms. The van der Waals surface area contributed by atoms with Crippen molar-refractivity contribution in [3.05, 3.63) is 74.8 Å². The third-order valence-electron chi connectivity index (χ3n) is 5.06. The van der Waals surface area contributed by atoms with Gasteiger partial charge in [0, 0.05) is 40.7 Å². The van der Waals surface area contributed by atoms with Crippen molar-refractivity contribution in [2.75, 3.05) is 11.9 Å². The van der Waals surface area contributed by atoms with Crippen LogP contribution in [-0.4, -0.2) is 32.4 Å². The van der Waals surface area contributed by atoms with Gasteiger partial charge in [0.05, 0.1) is 16.1 Å². The van der Waals surface area contributed by atoms with E-state index >= 15 is 0 Å². The van der Waals surface area contributed by atoms with E-state index in [-0.39, 0.29) is 18.3 Å². The van der Waals surface area contributed by atoms with Gasteiger partial charge in [-0.25, -0.2) is 15.0 Å². The minimum absolute atomic E-state index is 0. The number of halogens is 3. The van der Waals surface area contributed by atoms with Gasteiger partial charge < -0.3 is 15.6 Å². The number of aromatic amines is 1. The Hall–Kier alpha value is -2.87. The molecule has 3 N–H and O–H groups in total. The summed E-state index contributed by atoms with van der Waals surface area (Å²) in [6, 6.07) is 7.49. The third-order valence-corrected chi connectivity index (χ3v) is 5.57. The molecule has 3 heterocycles. The highest BCUT2D eigenvalue weighted by Gasteiger charge is 2.13. The number of nitrogens with zero attached hydrogens (tertiary/aromatic N) is 3. The number of amides is 1. The topological polar surface area (TPSA) is 95.6 Å². The first kappa shape index (κ1) is 24.8. The molecule has 10 heteroatoms. The summed E-state index contributed by atoms with van der Waals surface area (Å²) >= 11 is 12.4. The molecule has 0 saturated carbocycles. The monoisotopic (exact) mass is 504 g/mol. The minimum atomic E-state index is -0.241. The maximum atomic E-state index is 12.5. The fourth-order valence-corrected chi connectivity index (χ4v) is 4.20. The number of H-pyrrole nitrogens is 1. The van der Waals surface area contributed by atoms with Crippen LogP contribution < -0.4 is 10.6 Å². The van der Waals surface area contributed by atoms with E-state index in [9.17, 15) is 4.79 Å². The van der Waals surface area contributed by atoms with Crippen molar-refractivity contribution in [1.29, 1.82) is 0 Å². The number of rotatable bonds is 6. The number of hydrogen-bond acceptors (Lipinski definition) is 5. The van der Waals surface area contributed by atoms with Crippen LogP contribution in [0.25, 0.3) is 10.9 Å². The van der Waals surface area contributed by atoms with Gasteiger partial charge in [0.1, 0.15) is 5.82 Å². The number of aromatic nitrogens is 4. The van der Waals surface area contributed by atoms with Gasteiger partial charge in [-0.05, 0) is 62.6 Å². The number of carbonyl (C=O) groups is 1. The van der Waals surface area contributed by atoms with Gasteiger partial charge in [-0.3, -0.25) is 4.79 Å². The normalized spacial score (nSPS) is 10.7. The molecular formula is C23H23Cl3N6O. The van der Waals surface area contributed by atoms with Crippen LogP contribution in [0, 0.1) is 20.8 Å². The van der Waals surface area contributed by atoms with Gasteiger partial charge >= 0.3 is 0 Å². The molecule has 0 saturated heterocycles. The van der Waals surface area contributed by atoms with E-state index in [1.165, 1.54) is 12.4 Å². The van der Waals surface area contributed by atoms with Gasteiger partial charge in [-0.15, -0.1) is 12.4 Å². The first-order valence-corrected chi connectivity index (χ1v) is 10.8. The van der Waals surface area contributed by atoms with Crippen molar-refractivity contribution >= 4 is 64.2 Å². The second kappa shape index (κ2) is 10.4. The highest BCUT2D eigenvalue weighted by atomic mass is 35.5. The van der Waals surface area contributed by atoms with E-state index in [1.807, 2.05) is 39.0 Å². The van der Waals surface area contributed by atoms with Gasteiger partial charge in [-0.1, -0.05) is 23.2 Å². The van der Waals surface area contributed by atoms with Crippen LogP contribution in [0.2, 0.25) is 10.0 Å². The average Bonchev–Trinajstić information content (AvgIpc) is 3.03. The minimum Gasteiger partial charge on any atom is -0.357 e. The Labute approximate surface area is 207 Å². The van der Waals surface area contributed by atoms with E-state index in [1.54, 1.807) is 6.07 Å². The largest absolute Gasteiger partial charge is 0.357 e. The van der Waals surface area contributed by atoms with Crippen molar-refractivity contribution in [2.45, 2.75) is 27.2 Å². The molecule has 0 aliphatic carbocycles. The van der Waals surface area contributed by atoms with E-state index in [4.69, 9.17) is 23.2 Å². The zero-order chi connectivity index (χ0) is 22.8. The first-order valence-electron chi connectivity index (χ1n) is 10.1. The third kappa shape index (κ3) is 5.74. The van der Waals surface area contributed by atoms with Crippen molar-refractivity contribution in [3.8, 4) is 0 Å². The molecule has 172 valence electrons. The molecular weight excluding hydrogens is 483 g/mol.